The minimum Gasteiger partial charge on any atom is -0.232 e. The summed E-state index contributed by atoms with van der Waals surface area (Å²) in [7, 11) is -3.45. The van der Waals surface area contributed by atoms with Gasteiger partial charge < -0.3 is 0 Å². The molecule has 4 nitrogen and oxygen atoms in total. The Kier molecular flexibility index (Phi) is 3.19. The van der Waals surface area contributed by atoms with E-state index in [0.717, 1.165) is 23.3 Å². The molecule has 0 saturated heterocycles. The van der Waals surface area contributed by atoms with Gasteiger partial charge in [-0.2, -0.15) is 4.31 Å². The van der Waals surface area contributed by atoms with Crippen LogP contribution in [0.2, 0.25) is 4.47 Å². The molecule has 0 atom stereocenters. The normalized spacial score (nSPS) is 16.7. The van der Waals surface area contributed by atoms with E-state index in [1.807, 2.05) is 11.4 Å². The van der Waals surface area contributed by atoms with Crippen molar-refractivity contribution in [3.63, 3.8) is 0 Å². The van der Waals surface area contributed by atoms with Gasteiger partial charge >= 0.3 is 0 Å². The SMILES string of the molecule is O=S(=O)(c1cnc(Cl)s1)N1CCc2sccc2C1. The van der Waals surface area contributed by atoms with Gasteiger partial charge in [0.15, 0.2) is 8.68 Å². The minimum atomic E-state index is -3.45. The van der Waals surface area contributed by atoms with Crippen molar-refractivity contribution >= 4 is 44.3 Å². The molecule has 0 saturated carbocycles. The summed E-state index contributed by atoms with van der Waals surface area (Å²) in [5, 5.41) is 2.00. The van der Waals surface area contributed by atoms with Crippen molar-refractivity contribution in [2.24, 2.45) is 0 Å². The fourth-order valence-electron chi connectivity index (χ4n) is 1.91. The Hall–Kier alpha value is -0.470. The summed E-state index contributed by atoms with van der Waals surface area (Å²) < 4.78 is 26.7. The molecule has 96 valence electrons. The van der Waals surface area contributed by atoms with Crippen LogP contribution in [0.25, 0.3) is 0 Å². The van der Waals surface area contributed by atoms with Gasteiger partial charge in [-0.3, -0.25) is 0 Å². The van der Waals surface area contributed by atoms with E-state index in [-0.39, 0.29) is 8.68 Å². The molecule has 18 heavy (non-hydrogen) atoms. The topological polar surface area (TPSA) is 50.3 Å². The van der Waals surface area contributed by atoms with Gasteiger partial charge in [0.2, 0.25) is 0 Å². The number of thiazole rings is 1. The molecule has 3 heterocycles. The third-order valence-electron chi connectivity index (χ3n) is 2.82. The number of hydrogen-bond donors (Lipinski definition) is 0. The standard InChI is InChI=1S/C10H9ClN2O2S3/c11-10-12-5-9(17-10)18(14,15)13-3-1-8-7(6-13)2-4-16-8/h2,4-5H,1,3,6H2. The van der Waals surface area contributed by atoms with Gasteiger partial charge in [-0.25, -0.2) is 13.4 Å². The fourth-order valence-corrected chi connectivity index (χ4v) is 5.67. The second-order valence-corrected chi connectivity index (χ2v) is 8.67. The van der Waals surface area contributed by atoms with Gasteiger partial charge in [-0.15, -0.1) is 11.3 Å². The van der Waals surface area contributed by atoms with E-state index in [4.69, 9.17) is 11.6 Å². The summed E-state index contributed by atoms with van der Waals surface area (Å²) in [4.78, 5) is 5.07. The molecule has 0 radical (unpaired) electrons. The van der Waals surface area contributed by atoms with E-state index in [2.05, 4.69) is 4.98 Å². The van der Waals surface area contributed by atoms with Crippen LogP contribution in [0.3, 0.4) is 0 Å². The lowest BCUT2D eigenvalue weighted by atomic mass is 10.1. The number of sulfonamides is 1. The van der Waals surface area contributed by atoms with Crippen LogP contribution >= 0.6 is 34.3 Å². The second-order valence-electron chi connectivity index (χ2n) is 3.89. The number of aromatic nitrogens is 1. The third-order valence-corrected chi connectivity index (χ3v) is 7.24. The highest BCUT2D eigenvalue weighted by molar-refractivity contribution is 7.91. The van der Waals surface area contributed by atoms with Crippen molar-refractivity contribution in [1.29, 1.82) is 0 Å². The van der Waals surface area contributed by atoms with E-state index >= 15 is 0 Å². The number of halogens is 1. The molecule has 2 aromatic heterocycles. The Balaban J connectivity index is 1.92. The molecule has 0 N–H and O–H groups in total. The monoisotopic (exact) mass is 320 g/mol. The average molecular weight is 321 g/mol. The van der Waals surface area contributed by atoms with Gasteiger partial charge in [0.25, 0.3) is 10.0 Å². The Morgan fingerprint density at radius 1 is 1.44 bits per heavy atom. The highest BCUT2D eigenvalue weighted by atomic mass is 35.5. The zero-order valence-corrected chi connectivity index (χ0v) is 12.4. The fraction of sp³-hybridized carbons (Fsp3) is 0.300. The Morgan fingerprint density at radius 2 is 2.28 bits per heavy atom. The summed E-state index contributed by atoms with van der Waals surface area (Å²) in [6, 6.07) is 1.99. The van der Waals surface area contributed by atoms with Gasteiger partial charge in [0, 0.05) is 18.0 Å². The highest BCUT2D eigenvalue weighted by Gasteiger charge is 2.30. The molecule has 1 aliphatic rings. The van der Waals surface area contributed by atoms with Crippen LogP contribution in [-0.2, 0) is 23.0 Å². The molecule has 0 amide bonds. The number of fused-ring (bicyclic) bond motifs is 1. The van der Waals surface area contributed by atoms with E-state index in [9.17, 15) is 8.42 Å². The summed E-state index contributed by atoms with van der Waals surface area (Å²) in [6.07, 6.45) is 2.10. The molecule has 2 aromatic rings. The van der Waals surface area contributed by atoms with Crippen molar-refractivity contribution in [3.8, 4) is 0 Å². The van der Waals surface area contributed by atoms with Crippen molar-refractivity contribution < 1.29 is 8.42 Å². The molecule has 0 fully saturated rings. The lowest BCUT2D eigenvalue weighted by Crippen LogP contribution is -2.34. The molecular weight excluding hydrogens is 312 g/mol. The Labute approximate surface area is 118 Å². The molecule has 0 bridgehead atoms. The van der Waals surface area contributed by atoms with Crippen LogP contribution in [0.5, 0.6) is 0 Å². The lowest BCUT2D eigenvalue weighted by Gasteiger charge is -2.25. The summed E-state index contributed by atoms with van der Waals surface area (Å²) >= 11 is 8.38. The smallest absolute Gasteiger partial charge is 0.232 e. The first-order chi connectivity index (χ1) is 8.57. The Bertz CT molecular complexity index is 677. The summed E-state index contributed by atoms with van der Waals surface area (Å²) in [5.74, 6) is 0. The largest absolute Gasteiger partial charge is 0.254 e. The number of rotatable bonds is 2. The zero-order chi connectivity index (χ0) is 12.8. The highest BCUT2D eigenvalue weighted by Crippen LogP contribution is 2.30. The average Bonchev–Trinajstić information content (AvgIpc) is 2.96. The van der Waals surface area contributed by atoms with Crippen molar-refractivity contribution in [2.75, 3.05) is 6.54 Å². The predicted molar refractivity (Wildman–Crippen MR) is 72.7 cm³/mol. The quantitative estimate of drug-likeness (QED) is 0.854. The second kappa shape index (κ2) is 4.57. The molecular formula is C10H9ClN2O2S3. The molecule has 0 spiro atoms. The van der Waals surface area contributed by atoms with Crippen LogP contribution in [0.15, 0.2) is 21.9 Å². The number of thiophene rings is 1. The molecule has 1 aliphatic heterocycles. The van der Waals surface area contributed by atoms with E-state index < -0.39 is 10.0 Å². The third kappa shape index (κ3) is 2.10. The molecule has 0 unspecified atom stereocenters. The molecule has 3 rings (SSSR count). The van der Waals surface area contributed by atoms with E-state index in [0.29, 0.717) is 13.1 Å². The van der Waals surface area contributed by atoms with Crippen molar-refractivity contribution in [1.82, 2.24) is 9.29 Å². The number of hydrogen-bond acceptors (Lipinski definition) is 5. The van der Waals surface area contributed by atoms with Crippen LogP contribution in [-0.4, -0.2) is 24.3 Å². The maximum Gasteiger partial charge on any atom is 0.254 e. The summed E-state index contributed by atoms with van der Waals surface area (Å²) in [6.45, 7) is 0.960. The predicted octanol–water partition coefficient (Wildman–Crippen LogP) is 2.61. The van der Waals surface area contributed by atoms with Gasteiger partial charge in [0.05, 0.1) is 6.20 Å². The first-order valence-corrected chi connectivity index (χ1v) is 8.75. The van der Waals surface area contributed by atoms with Crippen LogP contribution in [0, 0.1) is 0 Å². The van der Waals surface area contributed by atoms with Crippen LogP contribution in [0.1, 0.15) is 10.4 Å². The van der Waals surface area contributed by atoms with Crippen LogP contribution < -0.4 is 0 Å². The Morgan fingerprint density at radius 3 is 3.00 bits per heavy atom. The first kappa shape index (κ1) is 12.6. The van der Waals surface area contributed by atoms with Gasteiger partial charge in [-0.05, 0) is 23.4 Å². The van der Waals surface area contributed by atoms with Crippen molar-refractivity contribution in [3.05, 3.63) is 32.6 Å². The number of nitrogens with zero attached hydrogens (tertiary/aromatic N) is 2. The van der Waals surface area contributed by atoms with Crippen LogP contribution in [0.4, 0.5) is 0 Å². The maximum atomic E-state index is 12.4. The lowest BCUT2D eigenvalue weighted by molar-refractivity contribution is 0.395. The molecule has 0 aromatic carbocycles. The van der Waals surface area contributed by atoms with Gasteiger partial charge in [0.1, 0.15) is 0 Å². The first-order valence-electron chi connectivity index (χ1n) is 5.24. The summed E-state index contributed by atoms with van der Waals surface area (Å²) in [5.41, 5.74) is 1.10. The molecule has 8 heteroatoms. The maximum absolute atomic E-state index is 12.4. The minimum absolute atomic E-state index is 0.214. The zero-order valence-electron chi connectivity index (χ0n) is 9.17. The van der Waals surface area contributed by atoms with Crippen molar-refractivity contribution in [2.45, 2.75) is 17.2 Å². The molecule has 0 aliphatic carbocycles. The van der Waals surface area contributed by atoms with E-state index in [1.54, 1.807) is 11.3 Å². The van der Waals surface area contributed by atoms with Gasteiger partial charge in [-0.1, -0.05) is 22.9 Å². The van der Waals surface area contributed by atoms with E-state index in [1.165, 1.54) is 15.4 Å².